The zero-order valence-corrected chi connectivity index (χ0v) is 45.5. The number of rotatable bonds is 24. The Morgan fingerprint density at radius 1 is 0.846 bits per heavy atom. The van der Waals surface area contributed by atoms with Crippen LogP contribution in [0.1, 0.15) is 71.9 Å². The van der Waals surface area contributed by atoms with Crippen LogP contribution in [0.5, 0.6) is 0 Å². The van der Waals surface area contributed by atoms with Gasteiger partial charge in [-0.15, -0.1) is 11.3 Å². The highest BCUT2D eigenvalue weighted by Crippen LogP contribution is 2.35. The van der Waals surface area contributed by atoms with Crippen molar-refractivity contribution >= 4 is 63.9 Å². The van der Waals surface area contributed by atoms with E-state index in [9.17, 15) is 28.0 Å². The number of nitrogens with zero attached hydrogens (tertiary/aromatic N) is 5. The summed E-state index contributed by atoms with van der Waals surface area (Å²) in [5.74, 6) is -2.31. The number of aliphatic imine (C=N–C) groups is 1. The lowest BCUT2D eigenvalue weighted by atomic mass is 9.85. The molecule has 1 fully saturated rings. The first-order valence-corrected chi connectivity index (χ1v) is 27.0. The Morgan fingerprint density at radius 2 is 1.55 bits per heavy atom. The number of carbonyl (C=O) groups excluding carboxylic acids is 4. The van der Waals surface area contributed by atoms with Crippen LogP contribution in [0.15, 0.2) is 102 Å². The van der Waals surface area contributed by atoms with Crippen molar-refractivity contribution in [2.24, 2.45) is 10.4 Å². The van der Waals surface area contributed by atoms with Crippen molar-refractivity contribution in [2.45, 2.75) is 65.7 Å². The summed E-state index contributed by atoms with van der Waals surface area (Å²) in [6, 6.07) is 22.1. The molecule has 17 nitrogen and oxygen atoms in total. The summed E-state index contributed by atoms with van der Waals surface area (Å²) in [5.41, 5.74) is 7.40. The molecular formula is C57H63ClF2N10O7S. The number of aryl methyl sites for hydroxylation is 1. The first-order valence-electron chi connectivity index (χ1n) is 25.8. The molecule has 0 aliphatic carbocycles. The quantitative estimate of drug-likeness (QED) is 0.0368. The molecule has 2 atom stereocenters. The lowest BCUT2D eigenvalue weighted by Gasteiger charge is -2.35. The number of halogens is 3. The highest BCUT2D eigenvalue weighted by molar-refractivity contribution is 7.13. The fourth-order valence-corrected chi connectivity index (χ4v) is 9.96. The van der Waals surface area contributed by atoms with Crippen LogP contribution >= 0.6 is 22.9 Å². The molecule has 2 aromatic heterocycles. The summed E-state index contributed by atoms with van der Waals surface area (Å²) in [7, 11) is 0. The maximum atomic E-state index is 14.9. The first-order chi connectivity index (χ1) is 37.6. The first kappa shape index (κ1) is 57.1. The van der Waals surface area contributed by atoms with Gasteiger partial charge in [-0.1, -0.05) is 68.8 Å². The van der Waals surface area contributed by atoms with Crippen molar-refractivity contribution in [1.29, 1.82) is 0 Å². The maximum absolute atomic E-state index is 14.9. The molecule has 410 valence electrons. The van der Waals surface area contributed by atoms with Gasteiger partial charge in [0.05, 0.1) is 85.8 Å². The zero-order chi connectivity index (χ0) is 55.2. The molecule has 21 heteroatoms. The lowest BCUT2D eigenvalue weighted by molar-refractivity contribution is -0.143. The van der Waals surface area contributed by atoms with Gasteiger partial charge in [-0.3, -0.25) is 24.2 Å². The minimum absolute atomic E-state index is 0.0145. The summed E-state index contributed by atoms with van der Waals surface area (Å²) in [4.78, 5) is 74.0. The summed E-state index contributed by atoms with van der Waals surface area (Å²) in [6.07, 6.45) is 2.86. The van der Waals surface area contributed by atoms with E-state index in [1.54, 1.807) is 64.9 Å². The van der Waals surface area contributed by atoms with Crippen LogP contribution in [0.25, 0.3) is 21.7 Å². The Balaban J connectivity index is 0.667. The minimum atomic E-state index is -0.828. The Kier molecular flexibility index (Phi) is 19.8. The van der Waals surface area contributed by atoms with Crippen molar-refractivity contribution < 1.29 is 42.2 Å². The van der Waals surface area contributed by atoms with Crippen LogP contribution < -0.4 is 26.6 Å². The van der Waals surface area contributed by atoms with E-state index in [0.29, 0.717) is 104 Å². The summed E-state index contributed by atoms with van der Waals surface area (Å²) in [6.45, 7) is 11.1. The number of ether oxygens (including phenoxy) is 3. The number of carbonyl (C=O) groups is 4. The Labute approximate surface area is 461 Å². The van der Waals surface area contributed by atoms with E-state index >= 15 is 0 Å². The van der Waals surface area contributed by atoms with Crippen LogP contribution in [0.3, 0.4) is 0 Å². The molecule has 0 bridgehead atoms. The Hall–Kier alpha value is -7.07. The van der Waals surface area contributed by atoms with E-state index in [4.69, 9.17) is 30.8 Å². The van der Waals surface area contributed by atoms with Crippen LogP contribution in [-0.2, 0) is 41.7 Å². The topological polar surface area (TPSA) is 210 Å². The highest BCUT2D eigenvalue weighted by atomic mass is 35.5. The smallest absolute Gasteiger partial charge is 0.251 e. The molecule has 5 N–H and O–H groups in total. The van der Waals surface area contributed by atoms with E-state index < -0.39 is 29.1 Å². The van der Waals surface area contributed by atoms with Crippen LogP contribution in [0.4, 0.5) is 20.4 Å². The molecule has 4 amide bonds. The van der Waals surface area contributed by atoms with Crippen molar-refractivity contribution in [3.8, 4) is 21.7 Å². The van der Waals surface area contributed by atoms with Gasteiger partial charge < -0.3 is 45.7 Å². The van der Waals surface area contributed by atoms with E-state index in [-0.39, 0.29) is 67.1 Å². The van der Waals surface area contributed by atoms with Crippen LogP contribution in [-0.4, -0.2) is 127 Å². The molecule has 0 radical (unpaired) electrons. The molecular weight excluding hydrogens is 1040 g/mol. The average Bonchev–Trinajstić information content (AvgIpc) is 4.16. The van der Waals surface area contributed by atoms with Crippen molar-refractivity contribution in [3.63, 3.8) is 0 Å². The number of likely N-dealkylation sites (tertiary alicyclic amines) is 1. The van der Waals surface area contributed by atoms with Gasteiger partial charge in [-0.2, -0.15) is 0 Å². The number of hydrogen-bond acceptors (Lipinski definition) is 14. The van der Waals surface area contributed by atoms with Gasteiger partial charge in [0, 0.05) is 65.3 Å². The van der Waals surface area contributed by atoms with Gasteiger partial charge >= 0.3 is 0 Å². The second kappa shape index (κ2) is 27.0. The SMILES string of the molecule is Cc1ncsc1-c1ccc(CNC(=O)[C@@H]2CCCN2C(=O)C(NC(=O)CNCCOCCOCCOCCNC(=O)c2ccc(Nc3ncc4c(n3)-c3ccc(Cl)cc3C(c3c(F)cccc3F)=NC4)cc2)C(C)(C)C)cc1. The largest absolute Gasteiger partial charge is 0.378 e. The van der Waals surface area contributed by atoms with E-state index in [0.717, 1.165) is 21.7 Å². The van der Waals surface area contributed by atoms with Gasteiger partial charge in [-0.05, 0) is 84.8 Å². The highest BCUT2D eigenvalue weighted by Gasteiger charge is 2.42. The Bertz CT molecular complexity index is 3080. The molecule has 4 aromatic carbocycles. The fraction of sp³-hybridized carbons (Fsp3) is 0.368. The van der Waals surface area contributed by atoms with E-state index in [2.05, 4.69) is 41.5 Å². The molecule has 78 heavy (non-hydrogen) atoms. The minimum Gasteiger partial charge on any atom is -0.378 e. The van der Waals surface area contributed by atoms with E-state index in [1.807, 2.05) is 57.5 Å². The number of hydrogen-bond donors (Lipinski definition) is 5. The maximum Gasteiger partial charge on any atom is 0.251 e. The standard InChI is InChI=1S/C57H63ClF2N10O7S/c1-35-51(78-34-66-35)37-12-10-36(11-13-37)30-64-54(73)46-9-6-22-70(46)55(74)52(57(2,3)4)68-47(71)33-61-20-23-75-25-27-77-28-26-76-24-21-62-53(72)38-14-17-41(18-15-38)67-56-65-32-39-31-63-50(48-44(59)7-5-8-45(48)60)43-29-40(58)16-19-42(43)49(39)69-56/h5,7-8,10-19,29,32,34,46,52,61H,6,9,20-28,30-31,33H2,1-4H3,(H,62,72)(H,64,73)(H,68,71)(H,65,67,69)/t46-,52?/m0/s1. The van der Waals surface area contributed by atoms with Crippen molar-refractivity contribution in [2.75, 3.05) is 71.1 Å². The number of nitrogens with one attached hydrogen (secondary N) is 5. The summed E-state index contributed by atoms with van der Waals surface area (Å²) < 4.78 is 46.7. The number of amides is 4. The van der Waals surface area contributed by atoms with Gasteiger partial charge in [0.25, 0.3) is 5.91 Å². The molecule has 8 rings (SSSR count). The molecule has 4 heterocycles. The van der Waals surface area contributed by atoms with Gasteiger partial charge in [-0.25, -0.2) is 23.7 Å². The lowest BCUT2D eigenvalue weighted by Crippen LogP contribution is -2.58. The molecule has 0 spiro atoms. The van der Waals surface area contributed by atoms with Gasteiger partial charge in [0.2, 0.25) is 23.7 Å². The number of benzene rings is 4. The summed E-state index contributed by atoms with van der Waals surface area (Å²) in [5, 5.41) is 15.3. The fourth-order valence-electron chi connectivity index (χ4n) is 8.97. The van der Waals surface area contributed by atoms with Crippen molar-refractivity contribution in [1.82, 2.24) is 41.1 Å². The Morgan fingerprint density at radius 3 is 2.24 bits per heavy atom. The third-order valence-electron chi connectivity index (χ3n) is 13.0. The van der Waals surface area contributed by atoms with Gasteiger partial charge in [0.1, 0.15) is 23.7 Å². The predicted octanol–water partition coefficient (Wildman–Crippen LogP) is 7.81. The monoisotopic (exact) mass is 1100 g/mol. The zero-order valence-electron chi connectivity index (χ0n) is 43.9. The molecule has 2 aliphatic heterocycles. The molecule has 1 unspecified atom stereocenters. The third-order valence-corrected chi connectivity index (χ3v) is 14.2. The van der Waals surface area contributed by atoms with Crippen molar-refractivity contribution in [3.05, 3.63) is 147 Å². The summed E-state index contributed by atoms with van der Waals surface area (Å²) >= 11 is 7.94. The number of fused-ring (bicyclic) bond motifs is 3. The number of thiazole rings is 1. The van der Waals surface area contributed by atoms with Crippen LogP contribution in [0.2, 0.25) is 5.02 Å². The van der Waals surface area contributed by atoms with E-state index in [1.165, 1.54) is 18.2 Å². The predicted molar refractivity (Wildman–Crippen MR) is 296 cm³/mol. The van der Waals surface area contributed by atoms with Crippen LogP contribution in [0, 0.1) is 24.0 Å². The molecule has 1 saturated heterocycles. The molecule has 2 aliphatic rings. The average molecular weight is 1110 g/mol. The second-order valence-electron chi connectivity index (χ2n) is 19.7. The van der Waals surface area contributed by atoms with Gasteiger partial charge in [0.15, 0.2) is 0 Å². The molecule has 0 saturated carbocycles. The normalized spacial score (nSPS) is 14.4. The number of aromatic nitrogens is 3. The molecule has 6 aromatic rings. The second-order valence-corrected chi connectivity index (χ2v) is 21.0. The number of anilines is 2. The third kappa shape index (κ3) is 14.9.